The number of ether oxygens (including phenoxy) is 3. The number of hydrogen-bond acceptors (Lipinski definition) is 6. The van der Waals surface area contributed by atoms with E-state index >= 15 is 0 Å². The van der Waals surface area contributed by atoms with Crippen molar-refractivity contribution in [1.29, 1.82) is 5.26 Å². The maximum absolute atomic E-state index is 11.2. The zero-order chi connectivity index (χ0) is 20.1. The molecule has 7 heteroatoms. The summed E-state index contributed by atoms with van der Waals surface area (Å²) in [5, 5.41) is 19.1. The lowest BCUT2D eigenvalue weighted by Gasteiger charge is -2.34. The maximum Gasteiger partial charge on any atom is 0.306 e. The fraction of sp³-hybridized carbons (Fsp3) is 0.571. The molecular formula is C21H25NO6. The largest absolute Gasteiger partial charge is 0.493 e. The number of carbonyl (C=O) groups excluding carboxylic acids is 1. The van der Waals surface area contributed by atoms with Crippen LogP contribution in [0.4, 0.5) is 0 Å². The number of carbonyl (C=O) groups is 2. The fourth-order valence-corrected chi connectivity index (χ4v) is 4.28. The minimum atomic E-state index is -0.793. The Bertz CT molecular complexity index is 763. The summed E-state index contributed by atoms with van der Waals surface area (Å²) in [5.74, 6) is -0.0372. The normalized spacial score (nSPS) is 29.5. The van der Waals surface area contributed by atoms with Crippen LogP contribution in [-0.2, 0) is 19.7 Å². The highest BCUT2D eigenvalue weighted by Crippen LogP contribution is 2.44. The van der Waals surface area contributed by atoms with Gasteiger partial charge in [-0.2, -0.15) is 5.26 Å². The van der Waals surface area contributed by atoms with Gasteiger partial charge in [-0.25, -0.2) is 0 Å². The molecule has 0 saturated heterocycles. The molecule has 2 aliphatic rings. The molecule has 0 heterocycles. The van der Waals surface area contributed by atoms with Gasteiger partial charge in [0.15, 0.2) is 11.5 Å². The monoisotopic (exact) mass is 387 g/mol. The van der Waals surface area contributed by atoms with Crippen LogP contribution in [0.3, 0.4) is 0 Å². The first-order valence-electron chi connectivity index (χ1n) is 9.59. The van der Waals surface area contributed by atoms with E-state index in [1.807, 2.05) is 12.1 Å². The third-order valence-corrected chi connectivity index (χ3v) is 6.00. The summed E-state index contributed by atoms with van der Waals surface area (Å²) in [4.78, 5) is 21.8. The molecule has 2 atom stereocenters. The average Bonchev–Trinajstić information content (AvgIpc) is 3.15. The molecule has 2 aliphatic carbocycles. The van der Waals surface area contributed by atoms with E-state index in [0.29, 0.717) is 50.1 Å². The number of hydrogen-bond donors (Lipinski definition) is 1. The lowest BCUT2D eigenvalue weighted by molar-refractivity contribution is -0.143. The van der Waals surface area contributed by atoms with Crippen LogP contribution in [0.1, 0.15) is 50.5 Å². The molecule has 0 unspecified atom stereocenters. The van der Waals surface area contributed by atoms with Crippen molar-refractivity contribution in [2.24, 2.45) is 5.92 Å². The first-order valence-corrected chi connectivity index (χ1v) is 9.59. The highest BCUT2D eigenvalue weighted by molar-refractivity contribution is 5.70. The molecule has 0 amide bonds. The molecular weight excluding hydrogens is 362 g/mol. The van der Waals surface area contributed by atoms with Crippen LogP contribution in [0.2, 0.25) is 0 Å². The Balaban J connectivity index is 1.79. The molecule has 28 heavy (non-hydrogen) atoms. The topological polar surface area (TPSA) is 106 Å². The molecule has 0 spiro atoms. The van der Waals surface area contributed by atoms with E-state index in [4.69, 9.17) is 14.2 Å². The zero-order valence-corrected chi connectivity index (χ0v) is 15.9. The number of nitriles is 1. The smallest absolute Gasteiger partial charge is 0.306 e. The average molecular weight is 387 g/mol. The van der Waals surface area contributed by atoms with Gasteiger partial charge in [0, 0.05) is 6.42 Å². The van der Waals surface area contributed by atoms with Gasteiger partial charge in [-0.1, -0.05) is 6.07 Å². The second-order valence-electron chi connectivity index (χ2n) is 7.58. The van der Waals surface area contributed by atoms with Crippen LogP contribution in [0.15, 0.2) is 18.2 Å². The summed E-state index contributed by atoms with van der Waals surface area (Å²) >= 11 is 0. The van der Waals surface area contributed by atoms with Crippen LogP contribution in [0.5, 0.6) is 11.5 Å². The second kappa shape index (κ2) is 8.51. The lowest BCUT2D eigenvalue weighted by Crippen LogP contribution is -2.33. The van der Waals surface area contributed by atoms with E-state index in [2.05, 4.69) is 6.07 Å². The standard InChI is InChI=1S/C21H25NO6/c1-26-18-5-2-15(21(12-22)8-6-14(7-9-21)20(24)25)10-19(18)28-17-4-3-16(11-17)27-13-23/h2,5,10,13-14,16-17H,3-4,6-9,11H2,1H3,(H,24,25)/t14-,16-,17+,21+/m0/s1. The van der Waals surface area contributed by atoms with E-state index in [9.17, 15) is 20.0 Å². The molecule has 0 aromatic heterocycles. The van der Waals surface area contributed by atoms with Crippen molar-refractivity contribution < 1.29 is 28.9 Å². The molecule has 0 radical (unpaired) electrons. The van der Waals surface area contributed by atoms with E-state index in [1.54, 1.807) is 13.2 Å². The van der Waals surface area contributed by atoms with Gasteiger partial charge in [0.25, 0.3) is 6.47 Å². The van der Waals surface area contributed by atoms with E-state index in [1.165, 1.54) is 0 Å². The van der Waals surface area contributed by atoms with Gasteiger partial charge in [0.2, 0.25) is 0 Å². The Morgan fingerprint density at radius 2 is 1.93 bits per heavy atom. The molecule has 7 nitrogen and oxygen atoms in total. The van der Waals surface area contributed by atoms with Crippen LogP contribution < -0.4 is 9.47 Å². The van der Waals surface area contributed by atoms with Crippen LogP contribution >= 0.6 is 0 Å². The number of methoxy groups -OCH3 is 1. The van der Waals surface area contributed by atoms with Gasteiger partial charge < -0.3 is 19.3 Å². The van der Waals surface area contributed by atoms with Crippen LogP contribution in [0, 0.1) is 17.2 Å². The van der Waals surface area contributed by atoms with Gasteiger partial charge in [0.05, 0.1) is 24.5 Å². The van der Waals surface area contributed by atoms with Crippen molar-refractivity contribution in [2.75, 3.05) is 7.11 Å². The number of benzene rings is 1. The number of rotatable bonds is 7. The molecule has 0 aliphatic heterocycles. The predicted octanol–water partition coefficient (Wildman–Crippen LogP) is 3.20. The van der Waals surface area contributed by atoms with Gasteiger partial charge in [-0.15, -0.1) is 0 Å². The van der Waals surface area contributed by atoms with E-state index in [0.717, 1.165) is 18.4 Å². The van der Waals surface area contributed by atoms with Gasteiger partial charge in [-0.05, 0) is 56.2 Å². The first kappa shape index (κ1) is 20.0. The van der Waals surface area contributed by atoms with Gasteiger partial charge in [-0.3, -0.25) is 9.59 Å². The molecule has 2 saturated carbocycles. The minimum absolute atomic E-state index is 0.0881. The highest BCUT2D eigenvalue weighted by atomic mass is 16.5. The van der Waals surface area contributed by atoms with E-state index < -0.39 is 11.4 Å². The Morgan fingerprint density at radius 3 is 2.54 bits per heavy atom. The number of carboxylic acids is 1. The van der Waals surface area contributed by atoms with Crippen molar-refractivity contribution in [2.45, 2.75) is 62.6 Å². The van der Waals surface area contributed by atoms with Crippen LogP contribution in [0.25, 0.3) is 0 Å². The van der Waals surface area contributed by atoms with Crippen molar-refractivity contribution in [3.05, 3.63) is 23.8 Å². The summed E-state index contributed by atoms with van der Waals surface area (Å²) in [6.07, 6.45) is 3.91. The Kier molecular flexibility index (Phi) is 6.08. The molecule has 2 fully saturated rings. The summed E-state index contributed by atoms with van der Waals surface area (Å²) in [5.41, 5.74) is 0.114. The van der Waals surface area contributed by atoms with Crippen molar-refractivity contribution in [3.63, 3.8) is 0 Å². The van der Waals surface area contributed by atoms with Crippen molar-refractivity contribution in [1.82, 2.24) is 0 Å². The third kappa shape index (κ3) is 4.06. The quantitative estimate of drug-likeness (QED) is 0.716. The van der Waals surface area contributed by atoms with Crippen LogP contribution in [-0.4, -0.2) is 36.9 Å². The molecule has 1 N–H and O–H groups in total. The van der Waals surface area contributed by atoms with Gasteiger partial charge in [0.1, 0.15) is 12.2 Å². The predicted molar refractivity (Wildman–Crippen MR) is 99.1 cm³/mol. The highest BCUT2D eigenvalue weighted by Gasteiger charge is 2.40. The third-order valence-electron chi connectivity index (χ3n) is 6.00. The van der Waals surface area contributed by atoms with Crippen molar-refractivity contribution in [3.8, 4) is 17.6 Å². The summed E-state index contributed by atoms with van der Waals surface area (Å²) in [7, 11) is 1.56. The van der Waals surface area contributed by atoms with Gasteiger partial charge >= 0.3 is 5.97 Å². The fourth-order valence-electron chi connectivity index (χ4n) is 4.28. The lowest BCUT2D eigenvalue weighted by atomic mass is 9.67. The molecule has 0 bridgehead atoms. The minimum Gasteiger partial charge on any atom is -0.493 e. The Labute approximate surface area is 164 Å². The molecule has 150 valence electrons. The SMILES string of the molecule is COc1ccc([C@]2(C#N)CC[C@H](C(=O)O)CC2)cc1O[C@@H]1CC[C@H](OC=O)C1. The molecule has 3 rings (SSSR count). The first-order chi connectivity index (χ1) is 13.5. The summed E-state index contributed by atoms with van der Waals surface area (Å²) < 4.78 is 16.6. The molecule has 1 aromatic rings. The molecule has 1 aromatic carbocycles. The zero-order valence-electron chi connectivity index (χ0n) is 15.9. The summed E-state index contributed by atoms with van der Waals surface area (Å²) in [6, 6.07) is 7.93. The Morgan fingerprint density at radius 1 is 1.21 bits per heavy atom. The maximum atomic E-state index is 11.2. The van der Waals surface area contributed by atoms with E-state index in [-0.39, 0.29) is 18.1 Å². The Hall–Kier alpha value is -2.75. The van der Waals surface area contributed by atoms with Crippen molar-refractivity contribution >= 4 is 12.4 Å². The summed E-state index contributed by atoms with van der Waals surface area (Å²) in [6.45, 7) is 0.471. The number of carboxylic acid groups (broad SMARTS) is 1. The second-order valence-corrected chi connectivity index (χ2v) is 7.58. The number of nitrogens with zero attached hydrogens (tertiary/aromatic N) is 1. The number of aliphatic carboxylic acids is 1.